The molecule has 0 saturated carbocycles. The van der Waals surface area contributed by atoms with Crippen LogP contribution in [-0.4, -0.2) is 25.8 Å². The third-order valence-corrected chi connectivity index (χ3v) is 3.81. The number of rotatable bonds is 3. The maximum atomic E-state index is 5.59. The Morgan fingerprint density at radius 2 is 2.20 bits per heavy atom. The van der Waals surface area contributed by atoms with E-state index in [0.29, 0.717) is 0 Å². The summed E-state index contributed by atoms with van der Waals surface area (Å²) in [6.07, 6.45) is 0.971. The van der Waals surface area contributed by atoms with Gasteiger partial charge in [-0.25, -0.2) is 0 Å². The van der Waals surface area contributed by atoms with E-state index in [4.69, 9.17) is 4.74 Å². The molecule has 0 amide bonds. The Balaban J connectivity index is 2.19. The molecule has 1 aromatic carbocycles. The summed E-state index contributed by atoms with van der Waals surface area (Å²) in [5.41, 5.74) is 2.64. The number of nitrogens with one attached hydrogen (secondary N) is 1. The fourth-order valence-corrected chi connectivity index (χ4v) is 2.32. The monoisotopic (exact) mass is 269 g/mol. The van der Waals surface area contributed by atoms with Gasteiger partial charge in [0, 0.05) is 31.1 Å². The first-order chi connectivity index (χ1) is 7.15. The van der Waals surface area contributed by atoms with Crippen LogP contribution >= 0.6 is 15.9 Å². The van der Waals surface area contributed by atoms with Gasteiger partial charge in [0.25, 0.3) is 0 Å². The highest BCUT2D eigenvalue weighted by Gasteiger charge is 2.37. The van der Waals surface area contributed by atoms with E-state index in [9.17, 15) is 0 Å². The van der Waals surface area contributed by atoms with Crippen molar-refractivity contribution in [3.63, 3.8) is 0 Å². The van der Waals surface area contributed by atoms with Crippen LogP contribution in [-0.2, 0) is 11.2 Å². The Kier molecular flexibility index (Phi) is 3.14. The summed E-state index contributed by atoms with van der Waals surface area (Å²) in [5.74, 6) is 0. The molecular formula is C12H16BrNO. The summed E-state index contributed by atoms with van der Waals surface area (Å²) >= 11 is 3.59. The predicted octanol–water partition coefficient (Wildman–Crippen LogP) is 2.29. The molecule has 2 nitrogen and oxygen atoms in total. The molecule has 0 atom stereocenters. The van der Waals surface area contributed by atoms with E-state index >= 15 is 0 Å². The summed E-state index contributed by atoms with van der Waals surface area (Å²) in [6, 6.07) is 6.45. The first kappa shape index (κ1) is 11.1. The largest absolute Gasteiger partial charge is 0.375 e. The van der Waals surface area contributed by atoms with Crippen LogP contribution in [0.1, 0.15) is 11.1 Å². The van der Waals surface area contributed by atoms with Gasteiger partial charge in [0.15, 0.2) is 0 Å². The number of methoxy groups -OCH3 is 1. The molecule has 1 N–H and O–H groups in total. The molecular weight excluding hydrogens is 254 g/mol. The summed E-state index contributed by atoms with van der Waals surface area (Å²) in [6.45, 7) is 4.02. The number of hydrogen-bond donors (Lipinski definition) is 1. The SMILES string of the molecule is COC1(Cc2cc(C)ccc2Br)CNC1. The van der Waals surface area contributed by atoms with Crippen molar-refractivity contribution in [3.8, 4) is 0 Å². The second-order valence-corrected chi connectivity index (χ2v) is 5.12. The lowest BCUT2D eigenvalue weighted by Gasteiger charge is -2.41. The fraction of sp³-hybridized carbons (Fsp3) is 0.500. The summed E-state index contributed by atoms with van der Waals surface area (Å²) in [7, 11) is 1.80. The highest BCUT2D eigenvalue weighted by atomic mass is 79.9. The van der Waals surface area contributed by atoms with E-state index in [1.807, 2.05) is 0 Å². The molecule has 0 unspecified atom stereocenters. The van der Waals surface area contributed by atoms with Gasteiger partial charge in [-0.1, -0.05) is 33.6 Å². The third kappa shape index (κ3) is 2.25. The van der Waals surface area contributed by atoms with Crippen LogP contribution in [0, 0.1) is 6.92 Å². The molecule has 2 rings (SSSR count). The zero-order valence-corrected chi connectivity index (χ0v) is 10.7. The normalized spacial score (nSPS) is 18.6. The first-order valence-corrected chi connectivity index (χ1v) is 5.95. The zero-order chi connectivity index (χ0) is 10.9. The van der Waals surface area contributed by atoms with Crippen molar-refractivity contribution >= 4 is 15.9 Å². The van der Waals surface area contributed by atoms with Gasteiger partial charge in [0.2, 0.25) is 0 Å². The number of benzene rings is 1. The van der Waals surface area contributed by atoms with Gasteiger partial charge in [-0.05, 0) is 18.6 Å². The quantitative estimate of drug-likeness (QED) is 0.909. The van der Waals surface area contributed by atoms with Crippen molar-refractivity contribution in [2.45, 2.75) is 18.9 Å². The van der Waals surface area contributed by atoms with Crippen LogP contribution in [0.25, 0.3) is 0 Å². The summed E-state index contributed by atoms with van der Waals surface area (Å²) in [5, 5.41) is 3.27. The van der Waals surface area contributed by atoms with Crippen molar-refractivity contribution in [3.05, 3.63) is 33.8 Å². The van der Waals surface area contributed by atoms with Gasteiger partial charge in [0.05, 0.1) is 5.60 Å². The molecule has 3 heteroatoms. The molecule has 1 saturated heterocycles. The van der Waals surface area contributed by atoms with Crippen LogP contribution < -0.4 is 5.32 Å². The first-order valence-electron chi connectivity index (χ1n) is 5.16. The Labute approximate surface area is 99.1 Å². The number of ether oxygens (including phenoxy) is 1. The molecule has 0 bridgehead atoms. The molecule has 0 aliphatic carbocycles. The molecule has 1 aliphatic heterocycles. The molecule has 82 valence electrons. The number of halogens is 1. The van der Waals surface area contributed by atoms with E-state index < -0.39 is 0 Å². The van der Waals surface area contributed by atoms with Gasteiger partial charge in [-0.15, -0.1) is 0 Å². The zero-order valence-electron chi connectivity index (χ0n) is 9.14. The third-order valence-electron chi connectivity index (χ3n) is 3.04. The molecule has 1 fully saturated rings. The van der Waals surface area contributed by atoms with Crippen LogP contribution in [0.5, 0.6) is 0 Å². The fourth-order valence-electron chi connectivity index (χ4n) is 1.93. The summed E-state index contributed by atoms with van der Waals surface area (Å²) < 4.78 is 6.77. The van der Waals surface area contributed by atoms with Crippen LogP contribution in [0.4, 0.5) is 0 Å². The Hall–Kier alpha value is -0.380. The smallest absolute Gasteiger partial charge is 0.0966 e. The van der Waals surface area contributed by atoms with Crippen molar-refractivity contribution in [1.29, 1.82) is 0 Å². The summed E-state index contributed by atoms with van der Waals surface area (Å²) in [4.78, 5) is 0. The van der Waals surface area contributed by atoms with Gasteiger partial charge in [-0.2, -0.15) is 0 Å². The van der Waals surface area contributed by atoms with Crippen LogP contribution in [0.2, 0.25) is 0 Å². The molecule has 1 aromatic rings. The average Bonchev–Trinajstić information content (AvgIpc) is 2.17. The Morgan fingerprint density at radius 3 is 2.73 bits per heavy atom. The molecule has 1 heterocycles. The van der Waals surface area contributed by atoms with E-state index in [1.54, 1.807) is 7.11 Å². The molecule has 0 radical (unpaired) electrons. The average molecular weight is 270 g/mol. The van der Waals surface area contributed by atoms with Gasteiger partial charge in [-0.3, -0.25) is 0 Å². The minimum Gasteiger partial charge on any atom is -0.375 e. The molecule has 15 heavy (non-hydrogen) atoms. The lowest BCUT2D eigenvalue weighted by atomic mass is 9.88. The van der Waals surface area contributed by atoms with Crippen molar-refractivity contribution in [2.75, 3.05) is 20.2 Å². The van der Waals surface area contributed by atoms with Gasteiger partial charge in [0.1, 0.15) is 0 Å². The second kappa shape index (κ2) is 4.24. The minimum absolute atomic E-state index is 0.0102. The standard InChI is InChI=1S/C12H16BrNO/c1-9-3-4-11(13)10(5-9)6-12(15-2)7-14-8-12/h3-5,14H,6-8H2,1-2H3. The van der Waals surface area contributed by atoms with E-state index in [2.05, 4.69) is 46.4 Å². The van der Waals surface area contributed by atoms with Crippen LogP contribution in [0.3, 0.4) is 0 Å². The molecule has 0 aromatic heterocycles. The van der Waals surface area contributed by atoms with Crippen LogP contribution in [0.15, 0.2) is 22.7 Å². The number of hydrogen-bond acceptors (Lipinski definition) is 2. The predicted molar refractivity (Wildman–Crippen MR) is 65.2 cm³/mol. The molecule has 0 spiro atoms. The Morgan fingerprint density at radius 1 is 1.47 bits per heavy atom. The highest BCUT2D eigenvalue weighted by Crippen LogP contribution is 2.27. The van der Waals surface area contributed by atoms with Crippen molar-refractivity contribution in [1.82, 2.24) is 5.32 Å². The maximum absolute atomic E-state index is 5.59. The lowest BCUT2D eigenvalue weighted by molar-refractivity contribution is -0.0503. The van der Waals surface area contributed by atoms with Gasteiger partial charge < -0.3 is 10.1 Å². The van der Waals surface area contributed by atoms with E-state index in [0.717, 1.165) is 19.5 Å². The highest BCUT2D eigenvalue weighted by molar-refractivity contribution is 9.10. The maximum Gasteiger partial charge on any atom is 0.0966 e. The van der Waals surface area contributed by atoms with Gasteiger partial charge >= 0.3 is 0 Å². The topological polar surface area (TPSA) is 21.3 Å². The molecule has 1 aliphatic rings. The number of aryl methyl sites for hydroxylation is 1. The Bertz CT molecular complexity index is 355. The second-order valence-electron chi connectivity index (χ2n) is 4.26. The van der Waals surface area contributed by atoms with E-state index in [-0.39, 0.29) is 5.60 Å². The minimum atomic E-state index is 0.0102. The van der Waals surface area contributed by atoms with Crippen molar-refractivity contribution in [2.24, 2.45) is 0 Å². The lowest BCUT2D eigenvalue weighted by Crippen LogP contribution is -2.61. The van der Waals surface area contributed by atoms with Crippen molar-refractivity contribution < 1.29 is 4.74 Å². The van der Waals surface area contributed by atoms with E-state index in [1.165, 1.54) is 15.6 Å².